The fourth-order valence-electron chi connectivity index (χ4n) is 4.28. The highest BCUT2D eigenvalue weighted by Gasteiger charge is 2.43. The van der Waals surface area contributed by atoms with Gasteiger partial charge in [0.05, 0.1) is 12.5 Å². The molecule has 0 spiro atoms. The summed E-state index contributed by atoms with van der Waals surface area (Å²) in [4.78, 5) is 15.0. The topological polar surface area (TPSA) is 144 Å². The lowest BCUT2D eigenvalue weighted by molar-refractivity contribution is -0.138. The van der Waals surface area contributed by atoms with Crippen LogP contribution in [-0.2, 0) is 11.0 Å². The van der Waals surface area contributed by atoms with Gasteiger partial charge >= 0.3 is 12.1 Å². The molecular weight excluding hydrogens is 509 g/mol. The van der Waals surface area contributed by atoms with Crippen molar-refractivity contribution in [3.05, 3.63) is 59.7 Å². The van der Waals surface area contributed by atoms with E-state index < -0.39 is 53.2 Å². The Labute approximate surface area is 213 Å². The Morgan fingerprint density at radius 3 is 2.61 bits per heavy atom. The highest BCUT2D eigenvalue weighted by atomic mass is 19.4. The van der Waals surface area contributed by atoms with Crippen LogP contribution < -0.4 is 10.1 Å². The third-order valence-corrected chi connectivity index (χ3v) is 6.01. The van der Waals surface area contributed by atoms with Gasteiger partial charge < -0.3 is 29.3 Å². The number of benzene rings is 2. The van der Waals surface area contributed by atoms with Crippen LogP contribution in [-0.4, -0.2) is 50.2 Å². The number of alkyl halides is 3. The number of rotatable bonds is 7. The van der Waals surface area contributed by atoms with Crippen LogP contribution in [0.4, 0.5) is 13.2 Å². The molecule has 4 aromatic rings. The molecule has 13 heteroatoms. The molecule has 1 aliphatic heterocycles. The molecule has 2 aromatic heterocycles. The van der Waals surface area contributed by atoms with Gasteiger partial charge in [0.2, 0.25) is 11.6 Å². The molecule has 2 aromatic carbocycles. The first kappa shape index (κ1) is 25.4. The predicted molar refractivity (Wildman–Crippen MR) is 125 cm³/mol. The van der Waals surface area contributed by atoms with Gasteiger partial charge in [-0.15, -0.1) is 0 Å². The van der Waals surface area contributed by atoms with Gasteiger partial charge in [-0.25, -0.2) is 0 Å². The first-order valence-corrected chi connectivity index (χ1v) is 11.5. The number of hydrogen-bond acceptors (Lipinski definition) is 9. The fraction of sp³-hybridized carbons (Fsp3) is 0.280. The summed E-state index contributed by atoms with van der Waals surface area (Å²) < 4.78 is 57.8. The van der Waals surface area contributed by atoms with Crippen LogP contribution in [0.5, 0.6) is 5.75 Å². The molecule has 0 radical (unpaired) electrons. The number of aliphatic hydroxyl groups is 1. The van der Waals surface area contributed by atoms with Gasteiger partial charge in [0.25, 0.3) is 5.89 Å². The van der Waals surface area contributed by atoms with Crippen molar-refractivity contribution < 1.29 is 42.0 Å². The molecule has 0 saturated heterocycles. The van der Waals surface area contributed by atoms with E-state index in [0.717, 1.165) is 0 Å². The first-order chi connectivity index (χ1) is 18.1. The quantitative estimate of drug-likeness (QED) is 0.316. The largest absolute Gasteiger partial charge is 0.491 e. The lowest BCUT2D eigenvalue weighted by Gasteiger charge is -2.32. The zero-order chi connectivity index (χ0) is 27.0. The molecule has 0 saturated carbocycles. The minimum atomic E-state index is -4.81. The molecule has 38 heavy (non-hydrogen) atoms. The normalized spacial score (nSPS) is 18.0. The van der Waals surface area contributed by atoms with Crippen LogP contribution in [0.3, 0.4) is 0 Å². The van der Waals surface area contributed by atoms with Crippen LogP contribution in [0.2, 0.25) is 0 Å². The van der Waals surface area contributed by atoms with Gasteiger partial charge in [-0.3, -0.25) is 4.79 Å². The molecular formula is C25H21F3N4O6. The molecule has 198 valence electrons. The number of aliphatic carboxylic acids is 1. The van der Waals surface area contributed by atoms with E-state index in [4.69, 9.17) is 18.9 Å². The van der Waals surface area contributed by atoms with E-state index in [1.807, 2.05) is 0 Å². The molecule has 0 bridgehead atoms. The number of nitrogens with one attached hydrogen (secondary N) is 1. The SMILES string of the molecule is CC(CC(=O)O)N[C@@H]1COc2cc(-c3noc(-c4onc(-c5ccccc5)c4C(F)(F)F)n3)ccc2[C@H]1O. The van der Waals surface area contributed by atoms with E-state index in [1.165, 1.54) is 18.2 Å². The molecule has 0 aliphatic carbocycles. The molecule has 0 fully saturated rings. The van der Waals surface area contributed by atoms with E-state index in [-0.39, 0.29) is 24.4 Å². The summed E-state index contributed by atoms with van der Waals surface area (Å²) in [7, 11) is 0. The Morgan fingerprint density at radius 1 is 1.13 bits per heavy atom. The molecule has 3 N–H and O–H groups in total. The van der Waals surface area contributed by atoms with Crippen LogP contribution in [0, 0.1) is 0 Å². The van der Waals surface area contributed by atoms with Crippen molar-refractivity contribution in [2.24, 2.45) is 0 Å². The number of halogens is 3. The van der Waals surface area contributed by atoms with Crippen LogP contribution in [0.1, 0.15) is 30.6 Å². The number of aromatic nitrogens is 3. The predicted octanol–water partition coefficient (Wildman–Crippen LogP) is 4.32. The zero-order valence-electron chi connectivity index (χ0n) is 19.8. The van der Waals surface area contributed by atoms with Crippen molar-refractivity contribution in [2.75, 3.05) is 6.61 Å². The number of ether oxygens (including phenoxy) is 1. The maximum Gasteiger partial charge on any atom is 0.422 e. The Balaban J connectivity index is 1.41. The van der Waals surface area contributed by atoms with Crippen molar-refractivity contribution >= 4 is 5.97 Å². The van der Waals surface area contributed by atoms with E-state index in [2.05, 4.69) is 20.6 Å². The van der Waals surface area contributed by atoms with Gasteiger partial charge in [0.1, 0.15) is 29.7 Å². The Morgan fingerprint density at radius 2 is 1.89 bits per heavy atom. The molecule has 5 rings (SSSR count). The Bertz CT molecular complexity index is 1450. The highest BCUT2D eigenvalue weighted by Crippen LogP contribution is 2.43. The van der Waals surface area contributed by atoms with E-state index >= 15 is 0 Å². The second-order valence-corrected chi connectivity index (χ2v) is 8.80. The first-order valence-electron chi connectivity index (χ1n) is 11.5. The third kappa shape index (κ3) is 4.97. The highest BCUT2D eigenvalue weighted by molar-refractivity contribution is 5.71. The number of fused-ring (bicyclic) bond motifs is 1. The van der Waals surface area contributed by atoms with Gasteiger partial charge in [-0.05, 0) is 13.0 Å². The molecule has 10 nitrogen and oxygen atoms in total. The summed E-state index contributed by atoms with van der Waals surface area (Å²) in [5.41, 5.74) is -0.500. The fourth-order valence-corrected chi connectivity index (χ4v) is 4.28. The number of aliphatic hydroxyl groups excluding tert-OH is 1. The molecule has 3 heterocycles. The summed E-state index contributed by atoms with van der Waals surface area (Å²) in [6, 6.07) is 11.5. The summed E-state index contributed by atoms with van der Waals surface area (Å²) in [5.74, 6) is -1.87. The van der Waals surface area contributed by atoms with Crippen LogP contribution in [0.15, 0.2) is 57.6 Å². The molecule has 1 unspecified atom stereocenters. The number of carboxylic acid groups (broad SMARTS) is 1. The smallest absolute Gasteiger partial charge is 0.422 e. The van der Waals surface area contributed by atoms with Crippen molar-refractivity contribution in [3.8, 4) is 40.0 Å². The average Bonchev–Trinajstić information content (AvgIpc) is 3.53. The van der Waals surface area contributed by atoms with Gasteiger partial charge in [0.15, 0.2) is 0 Å². The standard InChI is InChI=1S/C25H21F3N4O6/c1-12(9-18(33)34)29-16-11-36-17-10-14(7-8-15(17)21(16)35)23-30-24(38-32-23)22-19(25(26,27)28)20(31-37-22)13-5-3-2-4-6-13/h2-8,10,12,16,21,29,35H,9,11H2,1H3,(H,33,34)/t12?,16-,21-/m1/s1. The summed E-state index contributed by atoms with van der Waals surface area (Å²) in [5, 5.41) is 30.1. The van der Waals surface area contributed by atoms with E-state index in [0.29, 0.717) is 16.9 Å². The van der Waals surface area contributed by atoms with Gasteiger partial charge in [-0.2, -0.15) is 18.2 Å². The summed E-state index contributed by atoms with van der Waals surface area (Å²) >= 11 is 0. The maximum atomic E-state index is 14.0. The van der Waals surface area contributed by atoms with Crippen LogP contribution >= 0.6 is 0 Å². The minimum absolute atomic E-state index is 0.0259. The Hall–Kier alpha value is -4.23. The van der Waals surface area contributed by atoms with Crippen molar-refractivity contribution in [2.45, 2.75) is 37.7 Å². The second-order valence-electron chi connectivity index (χ2n) is 8.80. The van der Waals surface area contributed by atoms with Gasteiger partial charge in [0, 0.05) is 22.7 Å². The monoisotopic (exact) mass is 530 g/mol. The lowest BCUT2D eigenvalue weighted by Crippen LogP contribution is -2.47. The number of hydrogen-bond donors (Lipinski definition) is 3. The minimum Gasteiger partial charge on any atom is -0.491 e. The van der Waals surface area contributed by atoms with E-state index in [1.54, 1.807) is 37.3 Å². The van der Waals surface area contributed by atoms with E-state index in [9.17, 15) is 23.1 Å². The Kier molecular flexibility index (Phi) is 6.63. The molecule has 3 atom stereocenters. The van der Waals surface area contributed by atoms with Crippen molar-refractivity contribution in [3.63, 3.8) is 0 Å². The number of nitrogens with zero attached hydrogens (tertiary/aromatic N) is 3. The second kappa shape index (κ2) is 9.91. The third-order valence-electron chi connectivity index (χ3n) is 6.01. The summed E-state index contributed by atoms with van der Waals surface area (Å²) in [6.45, 7) is 1.75. The summed E-state index contributed by atoms with van der Waals surface area (Å²) in [6.07, 6.45) is -5.91. The van der Waals surface area contributed by atoms with Crippen LogP contribution in [0.25, 0.3) is 34.3 Å². The average molecular weight is 530 g/mol. The van der Waals surface area contributed by atoms with Crippen molar-refractivity contribution in [1.82, 2.24) is 20.6 Å². The molecule has 1 aliphatic rings. The van der Waals surface area contributed by atoms with Crippen molar-refractivity contribution in [1.29, 1.82) is 0 Å². The molecule has 0 amide bonds. The maximum absolute atomic E-state index is 14.0. The number of carboxylic acids is 1. The zero-order valence-corrected chi connectivity index (χ0v) is 19.8. The number of carbonyl (C=O) groups is 1. The van der Waals surface area contributed by atoms with Gasteiger partial charge in [-0.1, -0.05) is 52.8 Å². The lowest BCUT2D eigenvalue weighted by atomic mass is 9.96.